The van der Waals surface area contributed by atoms with E-state index in [1.165, 1.54) is 12.8 Å². The van der Waals surface area contributed by atoms with Crippen molar-refractivity contribution in [2.45, 2.75) is 66.0 Å². The van der Waals surface area contributed by atoms with Gasteiger partial charge in [0.2, 0.25) is 0 Å². The summed E-state index contributed by atoms with van der Waals surface area (Å²) in [5.74, 6) is 0. The van der Waals surface area contributed by atoms with Gasteiger partial charge in [-0.1, -0.05) is 0 Å². The van der Waals surface area contributed by atoms with Crippen molar-refractivity contribution in [2.24, 2.45) is 0 Å². The van der Waals surface area contributed by atoms with Crippen LogP contribution < -0.4 is 0 Å². The van der Waals surface area contributed by atoms with E-state index in [9.17, 15) is 0 Å². The maximum Gasteiger partial charge on any atom is -0.147 e. The van der Waals surface area contributed by atoms with Gasteiger partial charge in [0.1, 0.15) is 0 Å². The number of rotatable bonds is 4. The van der Waals surface area contributed by atoms with Crippen molar-refractivity contribution in [3.63, 3.8) is 0 Å². The van der Waals surface area contributed by atoms with E-state index in [0.29, 0.717) is 0 Å². The van der Waals surface area contributed by atoms with Crippen LogP contribution >= 0.6 is 24.8 Å². The largest absolute Gasteiger partial charge is 0.147 e. The van der Waals surface area contributed by atoms with Gasteiger partial charge in [-0.3, -0.25) is 0 Å². The van der Waals surface area contributed by atoms with Gasteiger partial charge in [-0.25, -0.2) is 0 Å². The summed E-state index contributed by atoms with van der Waals surface area (Å²) in [6.45, 7) is 19.6. The summed E-state index contributed by atoms with van der Waals surface area (Å²) in [6, 6.07) is 0. The minimum absolute atomic E-state index is 0. The van der Waals surface area contributed by atoms with Crippen molar-refractivity contribution < 1.29 is 17.4 Å². The van der Waals surface area contributed by atoms with Crippen LogP contribution in [0.4, 0.5) is 0 Å². The average molecular weight is 437 g/mol. The summed E-state index contributed by atoms with van der Waals surface area (Å²) in [5.41, 5.74) is 0. The SMILES string of the molecule is C[C](C)=[Ti]([C]1=CC([Si](C)(C)C)=CC1)[C]1=CC([Si](C)(C)C)=CC1.Cl.Cl. The maximum atomic E-state index is 2.61. The van der Waals surface area contributed by atoms with E-state index in [1.807, 2.05) is 0 Å². The molecule has 0 fully saturated rings. The molecule has 0 radical (unpaired) electrons. The van der Waals surface area contributed by atoms with Gasteiger partial charge in [0.05, 0.1) is 0 Å². The molecule has 0 saturated carbocycles. The predicted molar refractivity (Wildman–Crippen MR) is 119 cm³/mol. The molecule has 0 aromatic carbocycles. The molecule has 0 amide bonds. The summed E-state index contributed by atoms with van der Waals surface area (Å²) in [6.07, 6.45) is 12.8. The van der Waals surface area contributed by atoms with E-state index in [-0.39, 0.29) is 24.8 Å². The normalized spacial score (nSPS) is 17.2. The zero-order chi connectivity index (χ0) is 16.7. The molecule has 0 nitrogen and oxygen atoms in total. The standard InChI is InChI=1S/2C8H13Si.C3H6.2ClH.Ti/c2*1-9(2,3)8-6-4-5-7-8;1-3-2;;;/h2*6-7H,4H2,1-3H3;1-2H3;2*1H;. The molecule has 24 heavy (non-hydrogen) atoms. The second-order valence-corrected chi connectivity index (χ2v) is 23.8. The Labute approximate surface area is 169 Å². The number of hydrogen-bond acceptors (Lipinski definition) is 0. The van der Waals surface area contributed by atoms with Crippen molar-refractivity contribution in [1.29, 1.82) is 0 Å². The zero-order valence-electron chi connectivity index (χ0n) is 16.5. The van der Waals surface area contributed by atoms with Crippen LogP contribution in [0.15, 0.2) is 42.5 Å². The molecule has 0 aromatic rings. The third-order valence-electron chi connectivity index (χ3n) is 4.62. The van der Waals surface area contributed by atoms with Crippen LogP contribution in [0.5, 0.6) is 0 Å². The Morgan fingerprint density at radius 1 is 0.750 bits per heavy atom. The Balaban J connectivity index is 0.00000264. The first-order chi connectivity index (χ1) is 10.00. The molecule has 0 bridgehead atoms. The van der Waals surface area contributed by atoms with E-state index < -0.39 is 33.6 Å². The second-order valence-electron chi connectivity index (χ2n) is 8.94. The maximum absolute atomic E-state index is 2.61. The first-order valence-corrected chi connectivity index (χ1v) is 17.8. The summed E-state index contributed by atoms with van der Waals surface area (Å²) in [7, 11) is -2.31. The fourth-order valence-corrected chi connectivity index (χ4v) is 10.9. The van der Waals surface area contributed by atoms with Crippen molar-refractivity contribution in [1.82, 2.24) is 0 Å². The Morgan fingerprint density at radius 3 is 1.29 bits per heavy atom. The smallest absolute Gasteiger partial charge is 0.147 e. The van der Waals surface area contributed by atoms with Crippen LogP contribution in [0.1, 0.15) is 26.7 Å². The summed E-state index contributed by atoms with van der Waals surface area (Å²) in [4.78, 5) is 0. The van der Waals surface area contributed by atoms with E-state index in [1.54, 1.807) is 22.0 Å². The average Bonchev–Trinajstić information content (AvgIpc) is 2.95. The third-order valence-corrected chi connectivity index (χ3v) is 13.4. The van der Waals surface area contributed by atoms with Gasteiger partial charge in [-0.15, -0.1) is 24.8 Å². The van der Waals surface area contributed by atoms with Crippen molar-refractivity contribution in [3.05, 3.63) is 42.5 Å². The molecule has 0 N–H and O–H groups in total. The minimum atomic E-state index is -1.38. The van der Waals surface area contributed by atoms with Crippen LogP contribution in [0.25, 0.3) is 0 Å². The summed E-state index contributed by atoms with van der Waals surface area (Å²) in [5, 5.41) is 3.37. The van der Waals surface area contributed by atoms with Gasteiger partial charge in [-0.05, 0) is 0 Å². The Hall–Kier alpha value is 0.558. The Morgan fingerprint density at radius 2 is 1.08 bits per heavy atom. The second kappa shape index (κ2) is 8.97. The van der Waals surface area contributed by atoms with Gasteiger partial charge in [0.15, 0.2) is 0 Å². The zero-order valence-corrected chi connectivity index (χ0v) is 21.7. The number of allylic oxidation sites excluding steroid dienone is 8. The molecule has 0 atom stereocenters. The molecule has 136 valence electrons. The van der Waals surface area contributed by atoms with Gasteiger partial charge >= 0.3 is 146 Å². The molecule has 0 heterocycles. The molecule has 0 spiro atoms. The monoisotopic (exact) mass is 436 g/mol. The molecule has 2 aliphatic rings. The van der Waals surface area contributed by atoms with Crippen LogP contribution in [0, 0.1) is 0 Å². The quantitative estimate of drug-likeness (QED) is 0.422. The summed E-state index contributed by atoms with van der Waals surface area (Å²) >= 11 is -1.38. The molecule has 0 saturated heterocycles. The van der Waals surface area contributed by atoms with E-state index in [0.717, 1.165) is 0 Å². The van der Waals surface area contributed by atoms with Crippen molar-refractivity contribution >= 4 is 44.8 Å². The molecule has 2 rings (SSSR count). The predicted octanol–water partition coefficient (Wildman–Crippen LogP) is 6.84. The van der Waals surface area contributed by atoms with Crippen LogP contribution in [-0.4, -0.2) is 20.0 Å². The Bertz CT molecular complexity index is 585. The van der Waals surface area contributed by atoms with Crippen LogP contribution in [0.3, 0.4) is 0 Å². The number of hydrogen-bond donors (Lipinski definition) is 0. The van der Waals surface area contributed by atoms with Crippen molar-refractivity contribution in [3.8, 4) is 0 Å². The molecule has 0 unspecified atom stereocenters. The molecule has 2 aliphatic carbocycles. The molecule has 5 heteroatoms. The fraction of sp³-hybridized carbons (Fsp3) is 0.526. The van der Waals surface area contributed by atoms with Gasteiger partial charge in [0.25, 0.3) is 0 Å². The van der Waals surface area contributed by atoms with Crippen LogP contribution in [-0.2, 0) is 17.4 Å². The first-order valence-electron chi connectivity index (χ1n) is 8.51. The van der Waals surface area contributed by atoms with E-state index in [4.69, 9.17) is 0 Å². The van der Waals surface area contributed by atoms with E-state index in [2.05, 4.69) is 77.4 Å². The summed E-state index contributed by atoms with van der Waals surface area (Å²) < 4.78 is 5.32. The molecule has 0 aliphatic heterocycles. The third kappa shape index (κ3) is 5.79. The minimum Gasteiger partial charge on any atom is -0.147 e. The molecular formula is C19H34Cl2Si2Ti. The van der Waals surface area contributed by atoms with Gasteiger partial charge < -0.3 is 0 Å². The van der Waals surface area contributed by atoms with Gasteiger partial charge in [-0.2, -0.15) is 0 Å². The van der Waals surface area contributed by atoms with E-state index >= 15 is 0 Å². The first kappa shape index (κ1) is 24.6. The molecule has 0 aromatic heterocycles. The topological polar surface area (TPSA) is 0 Å². The van der Waals surface area contributed by atoms with Crippen molar-refractivity contribution in [2.75, 3.05) is 0 Å². The number of halogens is 2. The molecular weight excluding hydrogens is 403 g/mol. The Kier molecular flexibility index (Phi) is 9.18. The van der Waals surface area contributed by atoms with Gasteiger partial charge in [0, 0.05) is 0 Å². The fourth-order valence-electron chi connectivity index (χ4n) is 3.29. The van der Waals surface area contributed by atoms with Crippen LogP contribution in [0.2, 0.25) is 39.3 Å².